The van der Waals surface area contributed by atoms with Gasteiger partial charge in [0.1, 0.15) is 0 Å². The Morgan fingerprint density at radius 1 is 1.24 bits per heavy atom. The average Bonchev–Trinajstić information content (AvgIpc) is 2.23. The van der Waals surface area contributed by atoms with Crippen LogP contribution in [0, 0.1) is 17.8 Å². The predicted molar refractivity (Wildman–Crippen MR) is 74.0 cm³/mol. The minimum atomic E-state index is -0.150. The van der Waals surface area contributed by atoms with Crippen LogP contribution in [-0.4, -0.2) is 23.8 Å². The van der Waals surface area contributed by atoms with E-state index in [0.717, 1.165) is 37.1 Å². The summed E-state index contributed by atoms with van der Waals surface area (Å²) in [6.45, 7) is 10.0. The van der Waals surface area contributed by atoms with Gasteiger partial charge < -0.3 is 10.4 Å². The first-order chi connectivity index (χ1) is 8.00. The monoisotopic (exact) mass is 241 g/mol. The molecule has 0 aromatic carbocycles. The van der Waals surface area contributed by atoms with E-state index in [1.54, 1.807) is 0 Å². The zero-order valence-corrected chi connectivity index (χ0v) is 12.1. The Kier molecular flexibility index (Phi) is 6.50. The minimum Gasteiger partial charge on any atom is -0.393 e. The van der Waals surface area contributed by atoms with Crippen LogP contribution in [-0.2, 0) is 0 Å². The summed E-state index contributed by atoms with van der Waals surface area (Å²) in [5, 5.41) is 13.0. The lowest BCUT2D eigenvalue weighted by Gasteiger charge is -2.38. The Balaban J connectivity index is 2.31. The van der Waals surface area contributed by atoms with Gasteiger partial charge in [-0.2, -0.15) is 0 Å². The molecule has 1 fully saturated rings. The van der Waals surface area contributed by atoms with Crippen LogP contribution in [0.3, 0.4) is 0 Å². The molecule has 0 spiro atoms. The summed E-state index contributed by atoms with van der Waals surface area (Å²) in [6.07, 6.45) is 5.97. The van der Waals surface area contributed by atoms with Gasteiger partial charge in [0.15, 0.2) is 0 Å². The van der Waals surface area contributed by atoms with Crippen LogP contribution in [0.15, 0.2) is 0 Å². The Labute approximate surface area is 107 Å². The number of nitrogens with one attached hydrogen (secondary N) is 1. The molecule has 0 heterocycles. The molecule has 1 aliphatic carbocycles. The molecular formula is C15H31NO. The van der Waals surface area contributed by atoms with Gasteiger partial charge in [-0.3, -0.25) is 0 Å². The van der Waals surface area contributed by atoms with Crippen molar-refractivity contribution in [3.05, 3.63) is 0 Å². The van der Waals surface area contributed by atoms with E-state index in [-0.39, 0.29) is 6.10 Å². The van der Waals surface area contributed by atoms with E-state index in [1.165, 1.54) is 19.3 Å². The maximum atomic E-state index is 9.24. The van der Waals surface area contributed by atoms with E-state index in [0.29, 0.717) is 6.04 Å². The van der Waals surface area contributed by atoms with Crippen LogP contribution in [0.25, 0.3) is 0 Å². The van der Waals surface area contributed by atoms with E-state index >= 15 is 0 Å². The van der Waals surface area contributed by atoms with Crippen molar-refractivity contribution in [1.29, 1.82) is 0 Å². The highest BCUT2D eigenvalue weighted by Crippen LogP contribution is 2.33. The Bertz CT molecular complexity index is 203. The molecule has 1 saturated carbocycles. The lowest BCUT2D eigenvalue weighted by atomic mass is 9.74. The third-order valence-electron chi connectivity index (χ3n) is 4.23. The Morgan fingerprint density at radius 3 is 2.53 bits per heavy atom. The molecule has 4 atom stereocenters. The predicted octanol–water partition coefficient (Wildman–Crippen LogP) is 3.20. The SMILES string of the molecule is CC(O)CCCNC1CC(C)CCC1C(C)C. The molecule has 2 N–H and O–H groups in total. The van der Waals surface area contributed by atoms with Crippen LogP contribution < -0.4 is 5.32 Å². The smallest absolute Gasteiger partial charge is 0.0512 e. The summed E-state index contributed by atoms with van der Waals surface area (Å²) in [6, 6.07) is 0.702. The van der Waals surface area contributed by atoms with E-state index < -0.39 is 0 Å². The molecule has 0 bridgehead atoms. The highest BCUT2D eigenvalue weighted by molar-refractivity contribution is 4.85. The fourth-order valence-electron chi connectivity index (χ4n) is 3.12. The van der Waals surface area contributed by atoms with Gasteiger partial charge >= 0.3 is 0 Å². The van der Waals surface area contributed by atoms with Gasteiger partial charge in [0.25, 0.3) is 0 Å². The van der Waals surface area contributed by atoms with Crippen LogP contribution in [0.5, 0.6) is 0 Å². The normalized spacial score (nSPS) is 31.8. The van der Waals surface area contributed by atoms with Crippen LogP contribution in [0.2, 0.25) is 0 Å². The summed E-state index contributed by atoms with van der Waals surface area (Å²) in [5.74, 6) is 2.51. The van der Waals surface area contributed by atoms with Gasteiger partial charge in [0.2, 0.25) is 0 Å². The molecule has 0 saturated heterocycles. The fraction of sp³-hybridized carbons (Fsp3) is 1.00. The second-order valence-electron chi connectivity index (χ2n) is 6.38. The van der Waals surface area contributed by atoms with Gasteiger partial charge in [-0.15, -0.1) is 0 Å². The molecule has 0 radical (unpaired) electrons. The molecule has 2 nitrogen and oxygen atoms in total. The van der Waals surface area contributed by atoms with Crippen molar-refractivity contribution < 1.29 is 5.11 Å². The molecule has 1 aliphatic rings. The number of aliphatic hydroxyl groups excluding tert-OH is 1. The molecule has 102 valence electrons. The van der Waals surface area contributed by atoms with Gasteiger partial charge in [-0.1, -0.05) is 27.2 Å². The Hall–Kier alpha value is -0.0800. The molecule has 0 aromatic heterocycles. The first-order valence-corrected chi connectivity index (χ1v) is 7.42. The van der Waals surface area contributed by atoms with Crippen molar-refractivity contribution in [1.82, 2.24) is 5.32 Å². The third kappa shape index (κ3) is 5.39. The average molecular weight is 241 g/mol. The van der Waals surface area contributed by atoms with Gasteiger partial charge in [0.05, 0.1) is 6.10 Å². The summed E-state index contributed by atoms with van der Waals surface area (Å²) < 4.78 is 0. The third-order valence-corrected chi connectivity index (χ3v) is 4.23. The van der Waals surface area contributed by atoms with Crippen molar-refractivity contribution in [3.63, 3.8) is 0 Å². The number of rotatable bonds is 6. The van der Waals surface area contributed by atoms with Crippen molar-refractivity contribution in [2.24, 2.45) is 17.8 Å². The van der Waals surface area contributed by atoms with Crippen molar-refractivity contribution in [3.8, 4) is 0 Å². The van der Waals surface area contributed by atoms with Gasteiger partial charge in [-0.25, -0.2) is 0 Å². The molecule has 4 unspecified atom stereocenters. The van der Waals surface area contributed by atoms with Crippen LogP contribution in [0.1, 0.15) is 59.8 Å². The first kappa shape index (κ1) is 15.0. The van der Waals surface area contributed by atoms with E-state index in [9.17, 15) is 5.11 Å². The highest BCUT2D eigenvalue weighted by atomic mass is 16.3. The highest BCUT2D eigenvalue weighted by Gasteiger charge is 2.29. The van der Waals surface area contributed by atoms with E-state index in [2.05, 4.69) is 26.1 Å². The second-order valence-corrected chi connectivity index (χ2v) is 6.38. The first-order valence-electron chi connectivity index (χ1n) is 7.42. The molecule has 2 heteroatoms. The molecular weight excluding hydrogens is 210 g/mol. The Morgan fingerprint density at radius 2 is 1.94 bits per heavy atom. The van der Waals surface area contributed by atoms with Crippen LogP contribution >= 0.6 is 0 Å². The zero-order chi connectivity index (χ0) is 12.8. The van der Waals surface area contributed by atoms with Gasteiger partial charge in [0, 0.05) is 6.04 Å². The summed E-state index contributed by atoms with van der Waals surface area (Å²) >= 11 is 0. The molecule has 0 amide bonds. The topological polar surface area (TPSA) is 32.3 Å². The lowest BCUT2D eigenvalue weighted by molar-refractivity contribution is 0.161. The molecule has 0 aliphatic heterocycles. The maximum Gasteiger partial charge on any atom is 0.0512 e. The lowest BCUT2D eigenvalue weighted by Crippen LogP contribution is -2.43. The number of hydrogen-bond acceptors (Lipinski definition) is 2. The van der Waals surface area contributed by atoms with Crippen molar-refractivity contribution in [2.75, 3.05) is 6.54 Å². The fourth-order valence-corrected chi connectivity index (χ4v) is 3.12. The molecule has 0 aromatic rings. The van der Waals surface area contributed by atoms with Crippen molar-refractivity contribution in [2.45, 2.75) is 71.9 Å². The summed E-state index contributed by atoms with van der Waals surface area (Å²) in [4.78, 5) is 0. The van der Waals surface area contributed by atoms with Crippen LogP contribution in [0.4, 0.5) is 0 Å². The zero-order valence-electron chi connectivity index (χ0n) is 12.1. The number of aliphatic hydroxyl groups is 1. The number of hydrogen-bond donors (Lipinski definition) is 2. The largest absolute Gasteiger partial charge is 0.393 e. The second kappa shape index (κ2) is 7.38. The van der Waals surface area contributed by atoms with E-state index in [1.807, 2.05) is 6.92 Å². The molecule has 1 rings (SSSR count). The quantitative estimate of drug-likeness (QED) is 0.700. The van der Waals surface area contributed by atoms with Crippen molar-refractivity contribution >= 4 is 0 Å². The molecule has 17 heavy (non-hydrogen) atoms. The van der Waals surface area contributed by atoms with Gasteiger partial charge in [-0.05, 0) is 56.9 Å². The maximum absolute atomic E-state index is 9.24. The standard InChI is InChI=1S/C15H31NO/c1-11(2)14-8-7-12(3)10-15(14)16-9-5-6-13(4)17/h11-17H,5-10H2,1-4H3. The minimum absolute atomic E-state index is 0.150. The summed E-state index contributed by atoms with van der Waals surface area (Å²) in [7, 11) is 0. The summed E-state index contributed by atoms with van der Waals surface area (Å²) in [5.41, 5.74) is 0. The van der Waals surface area contributed by atoms with E-state index in [4.69, 9.17) is 0 Å².